The molecule has 0 spiro atoms. The van der Waals surface area contributed by atoms with Crippen molar-refractivity contribution in [1.29, 1.82) is 0 Å². The second kappa shape index (κ2) is 8.85. The smallest absolute Gasteiger partial charge is 0.301 e. The number of nitrogens with zero attached hydrogens (tertiary/aromatic N) is 1. The molecule has 1 aliphatic heterocycles. The number of alkyl halides is 1. The van der Waals surface area contributed by atoms with Crippen molar-refractivity contribution in [2.45, 2.75) is 5.38 Å². The SMILES string of the molecule is O=C1CN(c2cc(Cl)cc(Cl)c2)C(=O)N1.O=CC(Cl)c1ccccc1. The highest BCUT2D eigenvalue weighted by atomic mass is 35.5. The third-order valence-electron chi connectivity index (χ3n) is 3.19. The number of halogens is 3. The Morgan fingerprint density at radius 3 is 2.12 bits per heavy atom. The molecular weight excluding hydrogens is 387 g/mol. The Balaban J connectivity index is 0.000000196. The maximum atomic E-state index is 11.3. The predicted octanol–water partition coefficient (Wildman–Crippen LogP) is 4.22. The van der Waals surface area contributed by atoms with Crippen molar-refractivity contribution in [3.63, 3.8) is 0 Å². The lowest BCUT2D eigenvalue weighted by Crippen LogP contribution is -2.27. The molecule has 0 aliphatic carbocycles. The van der Waals surface area contributed by atoms with Crippen molar-refractivity contribution in [2.24, 2.45) is 0 Å². The molecule has 2 aromatic rings. The molecule has 3 rings (SSSR count). The Morgan fingerprint density at radius 2 is 1.64 bits per heavy atom. The maximum Gasteiger partial charge on any atom is 0.329 e. The lowest BCUT2D eigenvalue weighted by Gasteiger charge is -2.13. The van der Waals surface area contributed by atoms with Gasteiger partial charge in [-0.05, 0) is 23.8 Å². The lowest BCUT2D eigenvalue weighted by atomic mass is 10.2. The van der Waals surface area contributed by atoms with Gasteiger partial charge in [-0.25, -0.2) is 4.79 Å². The first-order valence-electron chi connectivity index (χ1n) is 7.12. The quantitative estimate of drug-likeness (QED) is 0.477. The maximum absolute atomic E-state index is 11.3. The van der Waals surface area contributed by atoms with Crippen LogP contribution in [-0.2, 0) is 9.59 Å². The van der Waals surface area contributed by atoms with Gasteiger partial charge < -0.3 is 4.79 Å². The summed E-state index contributed by atoms with van der Waals surface area (Å²) in [5, 5.41) is 2.51. The second-order valence-corrected chi connectivity index (χ2v) is 6.36. The average molecular weight is 400 g/mol. The summed E-state index contributed by atoms with van der Waals surface area (Å²) < 4.78 is 0. The number of nitrogens with one attached hydrogen (secondary N) is 1. The van der Waals surface area contributed by atoms with Crippen LogP contribution in [0.3, 0.4) is 0 Å². The molecule has 1 N–H and O–H groups in total. The average Bonchev–Trinajstić information content (AvgIpc) is 2.93. The van der Waals surface area contributed by atoms with E-state index in [1.807, 2.05) is 30.3 Å². The van der Waals surface area contributed by atoms with E-state index in [0.29, 0.717) is 15.7 Å². The van der Waals surface area contributed by atoms with E-state index in [4.69, 9.17) is 34.8 Å². The van der Waals surface area contributed by atoms with E-state index in [9.17, 15) is 14.4 Å². The summed E-state index contributed by atoms with van der Waals surface area (Å²) in [6.45, 7) is -0.00446. The van der Waals surface area contributed by atoms with Crippen LogP contribution in [0.15, 0.2) is 48.5 Å². The number of carbonyl (C=O) groups excluding carboxylic acids is 3. The summed E-state index contributed by atoms with van der Waals surface area (Å²) >= 11 is 17.2. The third-order valence-corrected chi connectivity index (χ3v) is 3.98. The summed E-state index contributed by atoms with van der Waals surface area (Å²) in [4.78, 5) is 33.7. The zero-order valence-corrected chi connectivity index (χ0v) is 15.1. The molecule has 25 heavy (non-hydrogen) atoms. The number of urea groups is 1. The molecule has 3 amide bonds. The Bertz CT molecular complexity index is 764. The molecule has 0 saturated carbocycles. The first kappa shape index (κ1) is 19.2. The van der Waals surface area contributed by atoms with Crippen molar-refractivity contribution >= 4 is 58.7 Å². The van der Waals surface area contributed by atoms with Gasteiger partial charge in [0.25, 0.3) is 0 Å². The van der Waals surface area contributed by atoms with E-state index in [1.165, 1.54) is 4.90 Å². The molecule has 0 aromatic heterocycles. The van der Waals surface area contributed by atoms with Gasteiger partial charge in [-0.1, -0.05) is 53.5 Å². The number of rotatable bonds is 3. The molecule has 0 radical (unpaired) electrons. The van der Waals surface area contributed by atoms with Crippen LogP contribution >= 0.6 is 34.8 Å². The Morgan fingerprint density at radius 1 is 1.04 bits per heavy atom. The first-order valence-corrected chi connectivity index (χ1v) is 8.31. The largest absolute Gasteiger partial charge is 0.329 e. The summed E-state index contributed by atoms with van der Waals surface area (Å²) in [7, 11) is 0. The zero-order chi connectivity index (χ0) is 18.4. The molecule has 1 unspecified atom stereocenters. The second-order valence-electron chi connectivity index (χ2n) is 5.02. The van der Waals surface area contributed by atoms with Crippen LogP contribution in [0.5, 0.6) is 0 Å². The van der Waals surface area contributed by atoms with Crippen molar-refractivity contribution in [1.82, 2.24) is 5.32 Å². The van der Waals surface area contributed by atoms with Crippen LogP contribution in [0.25, 0.3) is 0 Å². The minimum Gasteiger partial charge on any atom is -0.301 e. The predicted molar refractivity (Wildman–Crippen MR) is 98.4 cm³/mol. The van der Waals surface area contributed by atoms with Gasteiger partial charge in [0, 0.05) is 15.7 Å². The molecular formula is C17H13Cl3N2O3. The summed E-state index contributed by atoms with van der Waals surface area (Å²) in [6.07, 6.45) is 0.719. The fourth-order valence-electron chi connectivity index (χ4n) is 2.06. The number of carbonyl (C=O) groups is 3. The van der Waals surface area contributed by atoms with E-state index in [1.54, 1.807) is 18.2 Å². The van der Waals surface area contributed by atoms with E-state index in [2.05, 4.69) is 5.32 Å². The van der Waals surface area contributed by atoms with E-state index < -0.39 is 11.4 Å². The van der Waals surface area contributed by atoms with Crippen molar-refractivity contribution in [3.05, 3.63) is 64.1 Å². The van der Waals surface area contributed by atoms with Gasteiger partial charge >= 0.3 is 6.03 Å². The fourth-order valence-corrected chi connectivity index (χ4v) is 2.72. The van der Waals surface area contributed by atoms with Gasteiger partial charge in [-0.2, -0.15) is 0 Å². The first-order chi connectivity index (χ1) is 11.9. The van der Waals surface area contributed by atoms with Crippen LogP contribution in [0.1, 0.15) is 10.9 Å². The van der Waals surface area contributed by atoms with Crippen LogP contribution in [-0.4, -0.2) is 24.8 Å². The number of hydrogen-bond donors (Lipinski definition) is 1. The van der Waals surface area contributed by atoms with Gasteiger partial charge in [0.15, 0.2) is 0 Å². The van der Waals surface area contributed by atoms with Crippen LogP contribution < -0.4 is 10.2 Å². The van der Waals surface area contributed by atoms with Crippen molar-refractivity contribution < 1.29 is 14.4 Å². The minimum absolute atomic E-state index is 0.00446. The standard InChI is InChI=1S/C9H6Cl2N2O2.C8H7ClO/c10-5-1-6(11)3-7(2-5)13-4-8(14)12-9(13)15;9-8(6-10)7-4-2-1-3-5-7/h1-3H,4H2,(H,12,14,15);1-6,8H. The molecule has 130 valence electrons. The summed E-state index contributed by atoms with van der Waals surface area (Å²) in [5.74, 6) is -0.337. The highest BCUT2D eigenvalue weighted by Crippen LogP contribution is 2.26. The molecule has 2 aromatic carbocycles. The van der Waals surface area contributed by atoms with E-state index in [0.717, 1.165) is 11.8 Å². The molecule has 1 fully saturated rings. The van der Waals surface area contributed by atoms with Gasteiger partial charge in [-0.15, -0.1) is 11.6 Å². The number of aldehydes is 1. The number of benzene rings is 2. The lowest BCUT2D eigenvalue weighted by molar-refractivity contribution is -0.117. The Kier molecular flexibility index (Phi) is 6.82. The van der Waals surface area contributed by atoms with E-state index in [-0.39, 0.29) is 12.5 Å². The monoisotopic (exact) mass is 398 g/mol. The zero-order valence-electron chi connectivity index (χ0n) is 12.8. The highest BCUT2D eigenvalue weighted by molar-refractivity contribution is 6.35. The molecule has 1 heterocycles. The number of imide groups is 1. The Labute approximate surface area is 159 Å². The topological polar surface area (TPSA) is 66.5 Å². The number of hydrogen-bond acceptors (Lipinski definition) is 3. The normalized spacial score (nSPS) is 14.4. The van der Waals surface area contributed by atoms with Gasteiger partial charge in [0.1, 0.15) is 18.2 Å². The molecule has 1 aliphatic rings. The van der Waals surface area contributed by atoms with Crippen LogP contribution in [0, 0.1) is 0 Å². The molecule has 8 heteroatoms. The Hall–Kier alpha value is -2.08. The highest BCUT2D eigenvalue weighted by Gasteiger charge is 2.28. The van der Waals surface area contributed by atoms with Gasteiger partial charge in [0.2, 0.25) is 5.91 Å². The van der Waals surface area contributed by atoms with Crippen molar-refractivity contribution in [2.75, 3.05) is 11.4 Å². The number of amides is 3. The fraction of sp³-hybridized carbons (Fsp3) is 0.118. The van der Waals surface area contributed by atoms with E-state index >= 15 is 0 Å². The molecule has 1 saturated heterocycles. The van der Waals surface area contributed by atoms with Crippen LogP contribution in [0.4, 0.5) is 10.5 Å². The molecule has 5 nitrogen and oxygen atoms in total. The van der Waals surface area contributed by atoms with Gasteiger partial charge in [-0.3, -0.25) is 15.0 Å². The minimum atomic E-state index is -0.499. The van der Waals surface area contributed by atoms with Crippen LogP contribution in [0.2, 0.25) is 10.0 Å². The third kappa shape index (κ3) is 5.46. The summed E-state index contributed by atoms with van der Waals surface area (Å²) in [5.41, 5.74) is 1.36. The molecule has 1 atom stereocenters. The summed E-state index contributed by atoms with van der Waals surface area (Å²) in [6, 6.07) is 13.5. The number of anilines is 1. The molecule has 0 bridgehead atoms. The van der Waals surface area contributed by atoms with Crippen molar-refractivity contribution in [3.8, 4) is 0 Å². The van der Waals surface area contributed by atoms with Gasteiger partial charge in [0.05, 0.1) is 0 Å².